The van der Waals surface area contributed by atoms with Crippen LogP contribution in [0.5, 0.6) is 5.75 Å². The number of nitrogens with zero attached hydrogens (tertiary/aromatic N) is 1. The molecule has 9 nitrogen and oxygen atoms in total. The number of ether oxygens (including phenoxy) is 2. The molecular formula is C37H38N2O7. The number of aliphatic carboxylic acids is 1. The maximum Gasteiger partial charge on any atom is 0.394 e. The third-order valence-corrected chi connectivity index (χ3v) is 8.54. The lowest BCUT2D eigenvalue weighted by atomic mass is 9.82. The van der Waals surface area contributed by atoms with Gasteiger partial charge in [-0.15, -0.1) is 0 Å². The Labute approximate surface area is 268 Å². The van der Waals surface area contributed by atoms with Crippen molar-refractivity contribution in [1.82, 2.24) is 10.2 Å². The van der Waals surface area contributed by atoms with E-state index in [1.165, 1.54) is 12.0 Å². The van der Waals surface area contributed by atoms with Crippen LogP contribution < -0.4 is 10.1 Å². The zero-order chi connectivity index (χ0) is 32.5. The summed E-state index contributed by atoms with van der Waals surface area (Å²) in [5.41, 5.74) is 3.19. The van der Waals surface area contributed by atoms with E-state index in [1.54, 1.807) is 0 Å². The second-order valence-corrected chi connectivity index (χ2v) is 11.6. The number of nitrogens with one attached hydrogen (secondary N) is 1. The average molecular weight is 623 g/mol. The van der Waals surface area contributed by atoms with E-state index in [4.69, 9.17) is 9.47 Å². The van der Waals surface area contributed by atoms with Gasteiger partial charge in [-0.05, 0) is 65.1 Å². The average Bonchev–Trinajstić information content (AvgIpc) is 3.09. The van der Waals surface area contributed by atoms with Crippen LogP contribution in [0, 0.1) is 11.8 Å². The number of methoxy groups -OCH3 is 1. The van der Waals surface area contributed by atoms with Crippen LogP contribution in [-0.2, 0) is 37.0 Å². The summed E-state index contributed by atoms with van der Waals surface area (Å²) in [6, 6.07) is 28.8. The maximum absolute atomic E-state index is 12.9. The van der Waals surface area contributed by atoms with Crippen LogP contribution in [0.15, 0.2) is 91.0 Å². The molecule has 0 aliphatic heterocycles. The number of amides is 2. The number of esters is 1. The minimum Gasteiger partial charge on any atom is -0.483 e. The molecule has 0 bridgehead atoms. The number of carboxylic acids is 1. The first kappa shape index (κ1) is 32.2. The SMILES string of the molecule is COC(=O)C1CCC(CNC(=O)COc2cc(-c3cccc4ccccc34)ccc2CN(Cc2ccccc2)C(=O)C(=O)O)CC1. The van der Waals surface area contributed by atoms with Gasteiger partial charge in [0.1, 0.15) is 5.75 Å². The van der Waals surface area contributed by atoms with Gasteiger partial charge in [-0.2, -0.15) is 0 Å². The number of carboxylic acid groups (broad SMARTS) is 1. The summed E-state index contributed by atoms with van der Waals surface area (Å²) in [5.74, 6) is -2.48. The molecule has 0 unspecified atom stereocenters. The normalized spacial score (nSPS) is 15.9. The van der Waals surface area contributed by atoms with Gasteiger partial charge in [0.2, 0.25) is 0 Å². The molecule has 0 atom stereocenters. The topological polar surface area (TPSA) is 122 Å². The lowest BCUT2D eigenvalue weighted by Gasteiger charge is -2.27. The zero-order valence-electron chi connectivity index (χ0n) is 25.8. The standard InChI is InChI=1S/C37H38N2O7/c1-45-37(44)28-16-14-25(15-17-28)21-38-34(40)24-46-33-20-29(32-13-7-11-27-10-5-6-12-31(27)32)18-19-30(33)23-39(35(41)36(42)43)22-26-8-3-2-4-9-26/h2-13,18-20,25,28H,14-17,21-24H2,1H3,(H,38,40)(H,42,43). The van der Waals surface area contributed by atoms with E-state index >= 15 is 0 Å². The van der Waals surface area contributed by atoms with Gasteiger partial charge in [0.15, 0.2) is 6.61 Å². The number of fused-ring (bicyclic) bond motifs is 1. The van der Waals surface area contributed by atoms with Gasteiger partial charge in [-0.3, -0.25) is 14.4 Å². The molecule has 1 saturated carbocycles. The fourth-order valence-corrected chi connectivity index (χ4v) is 6.03. The Kier molecular flexibility index (Phi) is 10.7. The zero-order valence-corrected chi connectivity index (χ0v) is 25.8. The number of carbonyl (C=O) groups excluding carboxylic acids is 3. The Morgan fingerprint density at radius 3 is 2.30 bits per heavy atom. The Morgan fingerprint density at radius 2 is 1.57 bits per heavy atom. The third-order valence-electron chi connectivity index (χ3n) is 8.54. The number of benzene rings is 4. The van der Waals surface area contributed by atoms with Crippen LogP contribution in [-0.4, -0.2) is 54.0 Å². The van der Waals surface area contributed by atoms with Gasteiger partial charge in [-0.1, -0.05) is 84.9 Å². The van der Waals surface area contributed by atoms with E-state index in [-0.39, 0.29) is 43.4 Å². The first-order chi connectivity index (χ1) is 22.3. The molecule has 0 saturated heterocycles. The highest BCUT2D eigenvalue weighted by Gasteiger charge is 2.27. The van der Waals surface area contributed by atoms with Crippen molar-refractivity contribution >= 4 is 34.5 Å². The summed E-state index contributed by atoms with van der Waals surface area (Å²) in [4.78, 5) is 50.5. The van der Waals surface area contributed by atoms with E-state index in [2.05, 4.69) is 5.32 Å². The molecule has 2 amide bonds. The van der Waals surface area contributed by atoms with Crippen molar-refractivity contribution in [3.05, 3.63) is 102 Å². The van der Waals surface area contributed by atoms with Gasteiger partial charge < -0.3 is 24.8 Å². The molecule has 1 fully saturated rings. The Bertz CT molecular complexity index is 1690. The molecule has 46 heavy (non-hydrogen) atoms. The summed E-state index contributed by atoms with van der Waals surface area (Å²) >= 11 is 0. The maximum atomic E-state index is 12.9. The van der Waals surface area contributed by atoms with Gasteiger partial charge in [-0.25, -0.2) is 4.79 Å². The fraction of sp³-hybridized carbons (Fsp3) is 0.297. The van der Waals surface area contributed by atoms with Crippen LogP contribution in [0.25, 0.3) is 21.9 Å². The first-order valence-corrected chi connectivity index (χ1v) is 15.5. The van der Waals surface area contributed by atoms with Crippen LogP contribution in [0.3, 0.4) is 0 Å². The van der Waals surface area contributed by atoms with Crippen molar-refractivity contribution < 1.29 is 33.8 Å². The van der Waals surface area contributed by atoms with Gasteiger partial charge in [0, 0.05) is 18.7 Å². The molecule has 0 spiro atoms. The number of hydrogen-bond acceptors (Lipinski definition) is 6. The fourth-order valence-electron chi connectivity index (χ4n) is 6.03. The molecule has 238 valence electrons. The van der Waals surface area contributed by atoms with Crippen molar-refractivity contribution in [3.63, 3.8) is 0 Å². The monoisotopic (exact) mass is 622 g/mol. The van der Waals surface area contributed by atoms with Gasteiger partial charge in [0.05, 0.1) is 19.6 Å². The van der Waals surface area contributed by atoms with Crippen LogP contribution >= 0.6 is 0 Å². The minimum atomic E-state index is -1.55. The molecule has 5 rings (SSSR count). The largest absolute Gasteiger partial charge is 0.483 e. The van der Waals surface area contributed by atoms with Crippen LogP contribution in [0.1, 0.15) is 36.8 Å². The van der Waals surface area contributed by atoms with Crippen molar-refractivity contribution in [2.75, 3.05) is 20.3 Å². The highest BCUT2D eigenvalue weighted by atomic mass is 16.5. The van der Waals surface area contributed by atoms with Crippen molar-refractivity contribution in [2.24, 2.45) is 11.8 Å². The third kappa shape index (κ3) is 8.10. The molecule has 1 aliphatic carbocycles. The minimum absolute atomic E-state index is 0.0315. The molecule has 9 heteroatoms. The van der Waals surface area contributed by atoms with Crippen molar-refractivity contribution in [3.8, 4) is 16.9 Å². The first-order valence-electron chi connectivity index (χ1n) is 15.5. The molecule has 2 N–H and O–H groups in total. The summed E-state index contributed by atoms with van der Waals surface area (Å²) in [6.07, 6.45) is 3.13. The van der Waals surface area contributed by atoms with E-state index < -0.39 is 11.9 Å². The summed E-state index contributed by atoms with van der Waals surface area (Å²) < 4.78 is 11.0. The molecule has 0 radical (unpaired) electrons. The van der Waals surface area contributed by atoms with E-state index in [0.717, 1.165) is 53.1 Å². The van der Waals surface area contributed by atoms with Gasteiger partial charge >= 0.3 is 17.8 Å². The Balaban J connectivity index is 1.35. The predicted molar refractivity (Wildman–Crippen MR) is 174 cm³/mol. The predicted octanol–water partition coefficient (Wildman–Crippen LogP) is 5.59. The van der Waals surface area contributed by atoms with Crippen LogP contribution in [0.4, 0.5) is 0 Å². The number of rotatable bonds is 11. The molecule has 0 aromatic heterocycles. The highest BCUT2D eigenvalue weighted by molar-refractivity contribution is 6.31. The second kappa shape index (κ2) is 15.2. The van der Waals surface area contributed by atoms with E-state index in [9.17, 15) is 24.3 Å². The summed E-state index contributed by atoms with van der Waals surface area (Å²) in [7, 11) is 1.41. The lowest BCUT2D eigenvalue weighted by molar-refractivity contribution is -0.156. The lowest BCUT2D eigenvalue weighted by Crippen LogP contribution is -2.36. The van der Waals surface area contributed by atoms with Gasteiger partial charge in [0.25, 0.3) is 5.91 Å². The van der Waals surface area contributed by atoms with E-state index in [0.29, 0.717) is 17.9 Å². The molecule has 0 heterocycles. The number of hydrogen-bond donors (Lipinski definition) is 2. The Hall–Kier alpha value is -5.18. The molecular weight excluding hydrogens is 584 g/mol. The second-order valence-electron chi connectivity index (χ2n) is 11.6. The molecule has 4 aromatic rings. The van der Waals surface area contributed by atoms with Crippen molar-refractivity contribution in [1.29, 1.82) is 0 Å². The van der Waals surface area contributed by atoms with Crippen LogP contribution in [0.2, 0.25) is 0 Å². The molecule has 1 aliphatic rings. The summed E-state index contributed by atoms with van der Waals surface area (Å²) in [5, 5.41) is 14.7. The van der Waals surface area contributed by atoms with Crippen molar-refractivity contribution in [2.45, 2.75) is 38.8 Å². The smallest absolute Gasteiger partial charge is 0.394 e. The quantitative estimate of drug-likeness (QED) is 0.165. The molecule has 4 aromatic carbocycles. The Morgan fingerprint density at radius 1 is 0.848 bits per heavy atom. The van der Waals surface area contributed by atoms with E-state index in [1.807, 2.05) is 91.0 Å². The number of carbonyl (C=O) groups is 4. The summed E-state index contributed by atoms with van der Waals surface area (Å²) in [6.45, 7) is 0.289. The highest BCUT2D eigenvalue weighted by Crippen LogP contribution is 2.33.